The molecule has 16 heavy (non-hydrogen) atoms. The molecule has 0 aliphatic carbocycles. The average molecular weight is 240 g/mol. The van der Waals surface area contributed by atoms with E-state index in [9.17, 15) is 4.79 Å². The van der Waals surface area contributed by atoms with Crippen molar-refractivity contribution in [3.05, 3.63) is 16.1 Å². The highest BCUT2D eigenvalue weighted by Gasteiger charge is 2.21. The van der Waals surface area contributed by atoms with Gasteiger partial charge in [-0.05, 0) is 26.2 Å². The summed E-state index contributed by atoms with van der Waals surface area (Å²) >= 11 is 1.42. The van der Waals surface area contributed by atoms with Crippen LogP contribution in [-0.2, 0) is 0 Å². The zero-order valence-electron chi connectivity index (χ0n) is 10.7. The Balaban J connectivity index is 2.71. The molecular formula is C12H20N2OS. The minimum atomic E-state index is 0.0909. The molecule has 1 aromatic rings. The standard InChI is InChI=1S/C12H20N2OS/c1-8(2)6-9(3)14(5)12(15)11-10(4)13-7-16-11/h7-9H,6H2,1-5H3. The Labute approximate surface area is 101 Å². The molecule has 90 valence electrons. The zero-order valence-corrected chi connectivity index (χ0v) is 11.5. The van der Waals surface area contributed by atoms with Gasteiger partial charge in [0, 0.05) is 13.1 Å². The van der Waals surface area contributed by atoms with Crippen LogP contribution in [0.25, 0.3) is 0 Å². The molecule has 0 aliphatic heterocycles. The number of carbonyl (C=O) groups is 1. The maximum absolute atomic E-state index is 12.1. The van der Waals surface area contributed by atoms with Crippen LogP contribution < -0.4 is 0 Å². The van der Waals surface area contributed by atoms with Gasteiger partial charge in [-0.1, -0.05) is 13.8 Å². The summed E-state index contributed by atoms with van der Waals surface area (Å²) in [6.07, 6.45) is 1.03. The summed E-state index contributed by atoms with van der Waals surface area (Å²) in [6.45, 7) is 8.32. The third-order valence-electron chi connectivity index (χ3n) is 2.73. The highest BCUT2D eigenvalue weighted by atomic mass is 32.1. The quantitative estimate of drug-likeness (QED) is 0.810. The second-order valence-corrected chi connectivity index (χ2v) is 5.52. The van der Waals surface area contributed by atoms with Crippen molar-refractivity contribution in [3.8, 4) is 0 Å². The Hall–Kier alpha value is -0.900. The van der Waals surface area contributed by atoms with Crippen LogP contribution in [0.1, 0.15) is 42.6 Å². The van der Waals surface area contributed by atoms with Crippen molar-refractivity contribution in [2.24, 2.45) is 5.92 Å². The maximum atomic E-state index is 12.1. The van der Waals surface area contributed by atoms with E-state index in [-0.39, 0.29) is 11.9 Å². The highest BCUT2D eigenvalue weighted by Crippen LogP contribution is 2.18. The predicted octanol–water partition coefficient (Wildman–Crippen LogP) is 2.96. The lowest BCUT2D eigenvalue weighted by Gasteiger charge is -2.26. The second-order valence-electron chi connectivity index (χ2n) is 4.66. The normalized spacial score (nSPS) is 12.9. The van der Waals surface area contributed by atoms with Crippen molar-refractivity contribution in [1.29, 1.82) is 0 Å². The molecule has 0 spiro atoms. The van der Waals surface area contributed by atoms with E-state index in [1.165, 1.54) is 11.3 Å². The molecule has 0 radical (unpaired) electrons. The van der Waals surface area contributed by atoms with Crippen molar-refractivity contribution in [2.45, 2.75) is 40.2 Å². The number of nitrogens with zero attached hydrogens (tertiary/aromatic N) is 2. The Morgan fingerprint density at radius 1 is 1.50 bits per heavy atom. The van der Waals surface area contributed by atoms with Gasteiger partial charge < -0.3 is 4.90 Å². The van der Waals surface area contributed by atoms with E-state index >= 15 is 0 Å². The van der Waals surface area contributed by atoms with Gasteiger partial charge >= 0.3 is 0 Å². The van der Waals surface area contributed by atoms with E-state index in [4.69, 9.17) is 0 Å². The molecule has 0 saturated heterocycles. The van der Waals surface area contributed by atoms with Crippen molar-refractivity contribution >= 4 is 17.2 Å². The monoisotopic (exact) mass is 240 g/mol. The maximum Gasteiger partial charge on any atom is 0.265 e. The van der Waals surface area contributed by atoms with Gasteiger partial charge in [-0.15, -0.1) is 11.3 Å². The lowest BCUT2D eigenvalue weighted by Crippen LogP contribution is -2.35. The molecule has 0 saturated carbocycles. The molecule has 0 aromatic carbocycles. The topological polar surface area (TPSA) is 33.2 Å². The predicted molar refractivity (Wildman–Crippen MR) is 67.9 cm³/mol. The van der Waals surface area contributed by atoms with Gasteiger partial charge in [0.25, 0.3) is 5.91 Å². The lowest BCUT2D eigenvalue weighted by atomic mass is 10.0. The fourth-order valence-electron chi connectivity index (χ4n) is 1.71. The molecule has 1 rings (SSSR count). The van der Waals surface area contributed by atoms with Gasteiger partial charge in [-0.2, -0.15) is 0 Å². The van der Waals surface area contributed by atoms with Gasteiger partial charge in [-0.3, -0.25) is 4.79 Å². The number of amides is 1. The first-order valence-electron chi connectivity index (χ1n) is 5.60. The highest BCUT2D eigenvalue weighted by molar-refractivity contribution is 7.11. The van der Waals surface area contributed by atoms with Crippen LogP contribution in [0.3, 0.4) is 0 Å². The van der Waals surface area contributed by atoms with E-state index < -0.39 is 0 Å². The molecule has 1 aromatic heterocycles. The van der Waals surface area contributed by atoms with Gasteiger partial charge in [0.05, 0.1) is 11.2 Å². The summed E-state index contributed by atoms with van der Waals surface area (Å²) in [5.74, 6) is 0.695. The number of hydrogen-bond acceptors (Lipinski definition) is 3. The van der Waals surface area contributed by atoms with Crippen LogP contribution in [-0.4, -0.2) is 28.9 Å². The van der Waals surface area contributed by atoms with Crippen LogP contribution in [0.5, 0.6) is 0 Å². The van der Waals surface area contributed by atoms with E-state index in [2.05, 4.69) is 25.8 Å². The van der Waals surface area contributed by atoms with Crippen LogP contribution in [0.2, 0.25) is 0 Å². The van der Waals surface area contributed by atoms with E-state index in [0.717, 1.165) is 17.0 Å². The molecule has 4 heteroatoms. The van der Waals surface area contributed by atoms with Gasteiger partial charge in [0.2, 0.25) is 0 Å². The van der Waals surface area contributed by atoms with Crippen LogP contribution >= 0.6 is 11.3 Å². The molecule has 1 atom stereocenters. The van der Waals surface area contributed by atoms with Crippen LogP contribution in [0.15, 0.2) is 5.51 Å². The number of aromatic nitrogens is 1. The van der Waals surface area contributed by atoms with E-state index in [0.29, 0.717) is 5.92 Å². The first-order chi connectivity index (χ1) is 7.43. The van der Waals surface area contributed by atoms with E-state index in [1.54, 1.807) is 5.51 Å². The van der Waals surface area contributed by atoms with Gasteiger partial charge in [-0.25, -0.2) is 4.98 Å². The molecule has 1 unspecified atom stereocenters. The first kappa shape index (κ1) is 13.2. The molecule has 0 aliphatic rings. The molecular weight excluding hydrogens is 220 g/mol. The zero-order chi connectivity index (χ0) is 12.3. The molecule has 1 heterocycles. The third-order valence-corrected chi connectivity index (χ3v) is 3.65. The molecule has 3 nitrogen and oxygen atoms in total. The first-order valence-corrected chi connectivity index (χ1v) is 6.48. The summed E-state index contributed by atoms with van der Waals surface area (Å²) in [7, 11) is 1.87. The van der Waals surface area contributed by atoms with Crippen molar-refractivity contribution < 1.29 is 4.79 Å². The number of carbonyl (C=O) groups excluding carboxylic acids is 1. The van der Waals surface area contributed by atoms with Gasteiger partial charge in [0.15, 0.2) is 0 Å². The third kappa shape index (κ3) is 3.04. The number of thiazole rings is 1. The number of hydrogen-bond donors (Lipinski definition) is 0. The van der Waals surface area contributed by atoms with Crippen LogP contribution in [0.4, 0.5) is 0 Å². The summed E-state index contributed by atoms with van der Waals surface area (Å²) in [4.78, 5) is 18.8. The minimum absolute atomic E-state index is 0.0909. The Bertz CT molecular complexity index is 360. The second kappa shape index (κ2) is 5.43. The Morgan fingerprint density at radius 3 is 2.56 bits per heavy atom. The number of rotatable bonds is 4. The molecule has 1 amide bonds. The molecule has 0 N–H and O–H groups in total. The lowest BCUT2D eigenvalue weighted by molar-refractivity contribution is 0.0732. The Morgan fingerprint density at radius 2 is 2.12 bits per heavy atom. The van der Waals surface area contributed by atoms with Crippen molar-refractivity contribution in [1.82, 2.24) is 9.88 Å². The molecule has 0 fully saturated rings. The minimum Gasteiger partial charge on any atom is -0.338 e. The van der Waals surface area contributed by atoms with Crippen molar-refractivity contribution in [3.63, 3.8) is 0 Å². The summed E-state index contributed by atoms with van der Waals surface area (Å²) in [6, 6.07) is 0.272. The fraction of sp³-hybridized carbons (Fsp3) is 0.667. The van der Waals surface area contributed by atoms with Crippen LogP contribution in [0, 0.1) is 12.8 Å². The summed E-state index contributed by atoms with van der Waals surface area (Å²) in [5.41, 5.74) is 2.56. The SMILES string of the molecule is Cc1ncsc1C(=O)N(C)C(C)CC(C)C. The van der Waals surface area contributed by atoms with Crippen molar-refractivity contribution in [2.75, 3.05) is 7.05 Å². The average Bonchev–Trinajstić information content (AvgIpc) is 2.61. The fourth-order valence-corrected chi connectivity index (χ4v) is 2.49. The van der Waals surface area contributed by atoms with E-state index in [1.807, 2.05) is 18.9 Å². The molecule has 0 bridgehead atoms. The summed E-state index contributed by atoms with van der Waals surface area (Å²) in [5, 5.41) is 0. The smallest absolute Gasteiger partial charge is 0.265 e. The number of aryl methyl sites for hydroxylation is 1. The largest absolute Gasteiger partial charge is 0.338 e. The summed E-state index contributed by atoms with van der Waals surface area (Å²) < 4.78 is 0. The Kier molecular flexibility index (Phi) is 4.47. The van der Waals surface area contributed by atoms with Gasteiger partial charge in [0.1, 0.15) is 4.88 Å².